The summed E-state index contributed by atoms with van der Waals surface area (Å²) in [5.74, 6) is 5.72. The number of halogens is 3. The van der Waals surface area contributed by atoms with Gasteiger partial charge in [-0.25, -0.2) is 5.43 Å². The molecular weight excluding hydrogens is 395 g/mol. The third-order valence-electron chi connectivity index (χ3n) is 2.84. The van der Waals surface area contributed by atoms with Gasteiger partial charge in [-0.05, 0) is 46.6 Å². The van der Waals surface area contributed by atoms with Crippen LogP contribution in [0, 0.1) is 0 Å². The quantitative estimate of drug-likeness (QED) is 0.600. The SMILES string of the molecule is CCn1ncc(Br)c1C(NN)c1cc(Br)ccc1Cl. The number of nitrogens with zero attached hydrogens (tertiary/aromatic N) is 2. The highest BCUT2D eigenvalue weighted by Gasteiger charge is 2.22. The predicted molar refractivity (Wildman–Crippen MR) is 83.9 cm³/mol. The van der Waals surface area contributed by atoms with E-state index in [1.807, 2.05) is 29.8 Å². The Balaban J connectivity index is 2.56. The normalized spacial score (nSPS) is 12.7. The Hall–Kier alpha value is -0.400. The molecule has 0 aliphatic carbocycles. The summed E-state index contributed by atoms with van der Waals surface area (Å²) in [5, 5.41) is 4.95. The second kappa shape index (κ2) is 6.37. The molecule has 1 atom stereocenters. The van der Waals surface area contributed by atoms with Gasteiger partial charge in [0.05, 0.1) is 22.4 Å². The van der Waals surface area contributed by atoms with Crippen molar-refractivity contribution < 1.29 is 0 Å². The molecule has 0 radical (unpaired) electrons. The van der Waals surface area contributed by atoms with Crippen LogP contribution in [0.3, 0.4) is 0 Å². The lowest BCUT2D eigenvalue weighted by atomic mass is 10.0. The van der Waals surface area contributed by atoms with Crippen LogP contribution in [-0.2, 0) is 6.54 Å². The van der Waals surface area contributed by atoms with Gasteiger partial charge >= 0.3 is 0 Å². The van der Waals surface area contributed by atoms with E-state index in [0.717, 1.165) is 26.7 Å². The molecule has 1 heterocycles. The highest BCUT2D eigenvalue weighted by atomic mass is 79.9. The maximum Gasteiger partial charge on any atom is 0.0904 e. The fourth-order valence-electron chi connectivity index (χ4n) is 1.96. The Labute approximate surface area is 133 Å². The molecule has 1 unspecified atom stereocenters. The van der Waals surface area contributed by atoms with E-state index >= 15 is 0 Å². The fraction of sp³-hybridized carbons (Fsp3) is 0.250. The Bertz CT molecular complexity index is 585. The molecule has 1 aromatic heterocycles. The van der Waals surface area contributed by atoms with E-state index in [2.05, 4.69) is 42.4 Å². The molecule has 0 aliphatic rings. The molecular formula is C12H13Br2ClN4. The molecule has 0 saturated carbocycles. The molecule has 0 aliphatic heterocycles. The van der Waals surface area contributed by atoms with Gasteiger partial charge in [-0.3, -0.25) is 10.5 Å². The first-order chi connectivity index (χ1) is 9.08. The molecule has 0 saturated heterocycles. The largest absolute Gasteiger partial charge is 0.271 e. The minimum absolute atomic E-state index is 0.234. The molecule has 4 nitrogen and oxygen atoms in total. The highest BCUT2D eigenvalue weighted by Crippen LogP contribution is 2.33. The lowest BCUT2D eigenvalue weighted by molar-refractivity contribution is 0.542. The van der Waals surface area contributed by atoms with Crippen LogP contribution in [0.2, 0.25) is 5.02 Å². The molecule has 2 aromatic rings. The van der Waals surface area contributed by atoms with Crippen molar-refractivity contribution in [3.05, 3.63) is 49.6 Å². The molecule has 7 heteroatoms. The van der Waals surface area contributed by atoms with E-state index in [0.29, 0.717) is 5.02 Å². The van der Waals surface area contributed by atoms with Crippen LogP contribution in [0.15, 0.2) is 33.3 Å². The van der Waals surface area contributed by atoms with Gasteiger partial charge in [-0.1, -0.05) is 27.5 Å². The van der Waals surface area contributed by atoms with Crippen molar-refractivity contribution in [2.24, 2.45) is 5.84 Å². The van der Waals surface area contributed by atoms with Crippen molar-refractivity contribution in [3.8, 4) is 0 Å². The van der Waals surface area contributed by atoms with Gasteiger partial charge in [-0.15, -0.1) is 0 Å². The summed E-state index contributed by atoms with van der Waals surface area (Å²) >= 11 is 13.2. The number of nitrogens with one attached hydrogen (secondary N) is 1. The summed E-state index contributed by atoms with van der Waals surface area (Å²) in [6.07, 6.45) is 1.76. The molecule has 2 rings (SSSR count). The number of benzene rings is 1. The van der Waals surface area contributed by atoms with Crippen molar-refractivity contribution >= 4 is 43.5 Å². The summed E-state index contributed by atoms with van der Waals surface area (Å²) in [4.78, 5) is 0. The van der Waals surface area contributed by atoms with Gasteiger partial charge in [0.15, 0.2) is 0 Å². The van der Waals surface area contributed by atoms with E-state index in [-0.39, 0.29) is 6.04 Å². The molecule has 102 valence electrons. The van der Waals surface area contributed by atoms with E-state index in [9.17, 15) is 0 Å². The van der Waals surface area contributed by atoms with Crippen molar-refractivity contribution in [2.45, 2.75) is 19.5 Å². The molecule has 0 bridgehead atoms. The topological polar surface area (TPSA) is 55.9 Å². The Morgan fingerprint density at radius 2 is 2.21 bits per heavy atom. The number of rotatable bonds is 4. The van der Waals surface area contributed by atoms with Gasteiger partial charge in [-0.2, -0.15) is 5.10 Å². The average molecular weight is 409 g/mol. The molecule has 0 fully saturated rings. The molecule has 0 amide bonds. The Morgan fingerprint density at radius 1 is 1.47 bits per heavy atom. The first-order valence-corrected chi connectivity index (χ1v) is 7.67. The summed E-state index contributed by atoms with van der Waals surface area (Å²) in [6, 6.07) is 5.45. The van der Waals surface area contributed by atoms with E-state index in [1.54, 1.807) is 6.20 Å². The molecule has 0 spiro atoms. The monoisotopic (exact) mass is 406 g/mol. The van der Waals surface area contributed by atoms with Crippen LogP contribution >= 0.6 is 43.5 Å². The summed E-state index contributed by atoms with van der Waals surface area (Å²) in [7, 11) is 0. The lowest BCUT2D eigenvalue weighted by Gasteiger charge is -2.20. The van der Waals surface area contributed by atoms with Crippen LogP contribution < -0.4 is 11.3 Å². The van der Waals surface area contributed by atoms with Gasteiger partial charge < -0.3 is 0 Å². The van der Waals surface area contributed by atoms with Gasteiger partial charge in [0.25, 0.3) is 0 Å². The van der Waals surface area contributed by atoms with Crippen LogP contribution in [0.4, 0.5) is 0 Å². The summed E-state index contributed by atoms with van der Waals surface area (Å²) in [6.45, 7) is 2.78. The summed E-state index contributed by atoms with van der Waals surface area (Å²) < 4.78 is 3.73. The number of hydrogen-bond donors (Lipinski definition) is 2. The zero-order valence-corrected chi connectivity index (χ0v) is 14.1. The lowest BCUT2D eigenvalue weighted by Crippen LogP contribution is -2.31. The standard InChI is InChI=1S/C12H13Br2ClN4/c1-2-19-12(9(14)6-17-19)11(18-16)8-5-7(13)3-4-10(8)15/h3-6,11,18H,2,16H2,1H3. The molecule has 3 N–H and O–H groups in total. The van der Waals surface area contributed by atoms with Crippen molar-refractivity contribution in [1.82, 2.24) is 15.2 Å². The zero-order chi connectivity index (χ0) is 14.0. The van der Waals surface area contributed by atoms with Crippen LogP contribution in [0.1, 0.15) is 24.2 Å². The van der Waals surface area contributed by atoms with Gasteiger partial charge in [0.2, 0.25) is 0 Å². The van der Waals surface area contributed by atoms with E-state index in [1.165, 1.54) is 0 Å². The number of hydrogen-bond acceptors (Lipinski definition) is 3. The summed E-state index contributed by atoms with van der Waals surface area (Å²) in [5.41, 5.74) is 4.65. The predicted octanol–water partition coefficient (Wildman–Crippen LogP) is 3.63. The van der Waals surface area contributed by atoms with Crippen molar-refractivity contribution in [2.75, 3.05) is 0 Å². The minimum Gasteiger partial charge on any atom is -0.271 e. The second-order valence-electron chi connectivity index (χ2n) is 3.96. The van der Waals surface area contributed by atoms with Crippen LogP contribution in [-0.4, -0.2) is 9.78 Å². The maximum absolute atomic E-state index is 6.27. The average Bonchev–Trinajstić information content (AvgIpc) is 2.76. The van der Waals surface area contributed by atoms with Crippen molar-refractivity contribution in [1.29, 1.82) is 0 Å². The third kappa shape index (κ3) is 3.03. The van der Waals surface area contributed by atoms with E-state index in [4.69, 9.17) is 17.4 Å². The first-order valence-electron chi connectivity index (χ1n) is 5.70. The first kappa shape index (κ1) is 15.0. The van der Waals surface area contributed by atoms with E-state index < -0.39 is 0 Å². The molecule has 1 aromatic carbocycles. The maximum atomic E-state index is 6.27. The fourth-order valence-corrected chi connectivity index (χ4v) is 3.09. The number of hydrazine groups is 1. The van der Waals surface area contributed by atoms with Crippen molar-refractivity contribution in [3.63, 3.8) is 0 Å². The highest BCUT2D eigenvalue weighted by molar-refractivity contribution is 9.10. The van der Waals surface area contributed by atoms with Gasteiger partial charge in [0, 0.05) is 16.0 Å². The minimum atomic E-state index is -0.234. The number of nitrogens with two attached hydrogens (primary N) is 1. The Kier molecular flexibility index (Phi) is 5.03. The smallest absolute Gasteiger partial charge is 0.0904 e. The van der Waals surface area contributed by atoms with Crippen LogP contribution in [0.25, 0.3) is 0 Å². The number of aryl methyl sites for hydroxylation is 1. The second-order valence-corrected chi connectivity index (χ2v) is 6.14. The van der Waals surface area contributed by atoms with Crippen LogP contribution in [0.5, 0.6) is 0 Å². The zero-order valence-electron chi connectivity index (χ0n) is 10.2. The van der Waals surface area contributed by atoms with Gasteiger partial charge in [0.1, 0.15) is 0 Å². The third-order valence-corrected chi connectivity index (χ3v) is 4.29. The number of aromatic nitrogens is 2. The Morgan fingerprint density at radius 3 is 2.84 bits per heavy atom. The molecule has 19 heavy (non-hydrogen) atoms.